The fraction of sp³-hybridized carbons (Fsp3) is 0.259. The quantitative estimate of drug-likeness (QED) is 0.164. The number of benzene rings is 6. The van der Waals surface area contributed by atoms with E-state index in [0.29, 0.717) is 0 Å². The molecule has 4 heterocycles. The molecule has 0 saturated heterocycles. The predicted octanol–water partition coefficient (Wildman–Crippen LogP) is 14.4. The molecule has 2 nitrogen and oxygen atoms in total. The molecular formula is C54H53BN2S2. The minimum Gasteiger partial charge on any atom is -0.311 e. The van der Waals surface area contributed by atoms with Crippen molar-refractivity contribution in [3.63, 3.8) is 0 Å². The lowest BCUT2D eigenvalue weighted by molar-refractivity contribution is 0.590. The second-order valence-electron chi connectivity index (χ2n) is 20.0. The molecule has 0 spiro atoms. The van der Waals surface area contributed by atoms with Gasteiger partial charge in [-0.25, -0.2) is 0 Å². The Morgan fingerprint density at radius 3 is 1.80 bits per heavy atom. The molecule has 2 aliphatic heterocycles. The van der Waals surface area contributed by atoms with Gasteiger partial charge in [-0.3, -0.25) is 0 Å². The average Bonchev–Trinajstić information content (AvgIpc) is 3.79. The summed E-state index contributed by atoms with van der Waals surface area (Å²) >= 11 is 3.79. The second kappa shape index (κ2) is 13.2. The molecule has 10 rings (SSSR count). The fourth-order valence-electron chi connectivity index (χ4n) is 9.67. The number of aryl methyl sites for hydroxylation is 2. The van der Waals surface area contributed by atoms with E-state index in [2.05, 4.69) is 207 Å². The Balaban J connectivity index is 1.28. The Bertz CT molecular complexity index is 2960. The van der Waals surface area contributed by atoms with Crippen LogP contribution < -0.4 is 26.2 Å². The lowest BCUT2D eigenvalue weighted by atomic mass is 9.33. The lowest BCUT2D eigenvalue weighted by Crippen LogP contribution is -2.61. The zero-order chi connectivity index (χ0) is 41.3. The summed E-state index contributed by atoms with van der Waals surface area (Å²) in [5, 5.41) is 6.36. The van der Waals surface area contributed by atoms with Crippen LogP contribution in [0.5, 0.6) is 0 Å². The van der Waals surface area contributed by atoms with Crippen molar-refractivity contribution >= 4 is 99.4 Å². The highest BCUT2D eigenvalue weighted by atomic mass is 32.1. The Kier molecular flexibility index (Phi) is 8.53. The van der Waals surface area contributed by atoms with Gasteiger partial charge in [0.05, 0.1) is 10.7 Å². The van der Waals surface area contributed by atoms with Crippen LogP contribution in [0.1, 0.15) is 90.1 Å². The van der Waals surface area contributed by atoms with Crippen LogP contribution in [0.4, 0.5) is 33.4 Å². The first-order valence-corrected chi connectivity index (χ1v) is 22.8. The van der Waals surface area contributed by atoms with E-state index in [-0.39, 0.29) is 23.0 Å². The summed E-state index contributed by atoms with van der Waals surface area (Å²) in [5.74, 6) is 0. The number of nitrogens with zero attached hydrogens (tertiary/aromatic N) is 2. The molecule has 0 unspecified atom stereocenters. The summed E-state index contributed by atoms with van der Waals surface area (Å²) < 4.78 is 2.67. The third kappa shape index (κ3) is 6.02. The Morgan fingerprint density at radius 1 is 0.508 bits per heavy atom. The molecule has 0 amide bonds. The number of rotatable bonds is 3. The lowest BCUT2D eigenvalue weighted by Gasteiger charge is -2.44. The van der Waals surface area contributed by atoms with E-state index in [0.717, 1.165) is 0 Å². The van der Waals surface area contributed by atoms with Gasteiger partial charge >= 0.3 is 0 Å². The van der Waals surface area contributed by atoms with Crippen LogP contribution in [-0.4, -0.2) is 6.71 Å². The summed E-state index contributed by atoms with van der Waals surface area (Å²) in [6.07, 6.45) is 0. The molecular weight excluding hydrogens is 752 g/mol. The van der Waals surface area contributed by atoms with Crippen LogP contribution in [0.3, 0.4) is 0 Å². The van der Waals surface area contributed by atoms with Crippen LogP contribution in [0, 0.1) is 13.8 Å². The summed E-state index contributed by atoms with van der Waals surface area (Å²) in [6.45, 7) is 25.7. The zero-order valence-corrected chi connectivity index (χ0v) is 38.0. The third-order valence-electron chi connectivity index (χ3n) is 12.8. The van der Waals surface area contributed by atoms with Gasteiger partial charge in [-0.2, -0.15) is 0 Å². The van der Waals surface area contributed by atoms with E-state index in [4.69, 9.17) is 0 Å². The van der Waals surface area contributed by atoms with Gasteiger partial charge in [0, 0.05) is 43.1 Å². The van der Waals surface area contributed by atoms with Crippen molar-refractivity contribution < 1.29 is 0 Å². The first-order chi connectivity index (χ1) is 28.0. The molecule has 2 aromatic heterocycles. The topological polar surface area (TPSA) is 6.48 Å². The van der Waals surface area contributed by atoms with Gasteiger partial charge < -0.3 is 9.80 Å². The molecule has 0 bridgehead atoms. The fourth-order valence-corrected chi connectivity index (χ4v) is 11.9. The van der Waals surface area contributed by atoms with Crippen molar-refractivity contribution in [2.75, 3.05) is 9.80 Å². The molecule has 2 aliphatic rings. The Hall–Kier alpha value is -5.10. The monoisotopic (exact) mass is 804 g/mol. The summed E-state index contributed by atoms with van der Waals surface area (Å²) in [4.78, 5) is 5.19. The Labute approximate surface area is 359 Å². The first-order valence-electron chi connectivity index (χ1n) is 21.1. The predicted molar refractivity (Wildman–Crippen MR) is 262 cm³/mol. The van der Waals surface area contributed by atoms with Crippen LogP contribution in [0.15, 0.2) is 121 Å². The molecule has 0 aliphatic carbocycles. The average molecular weight is 805 g/mol. The zero-order valence-electron chi connectivity index (χ0n) is 36.3. The van der Waals surface area contributed by atoms with Crippen LogP contribution in [0.2, 0.25) is 0 Å². The van der Waals surface area contributed by atoms with Crippen molar-refractivity contribution in [2.45, 2.75) is 92.4 Å². The van der Waals surface area contributed by atoms with E-state index in [9.17, 15) is 0 Å². The van der Waals surface area contributed by atoms with Crippen molar-refractivity contribution in [3.05, 3.63) is 148 Å². The highest BCUT2D eigenvalue weighted by molar-refractivity contribution is 7.26. The molecule has 0 saturated carbocycles. The van der Waals surface area contributed by atoms with Gasteiger partial charge in [0.2, 0.25) is 0 Å². The van der Waals surface area contributed by atoms with Crippen LogP contribution in [-0.2, 0) is 16.2 Å². The van der Waals surface area contributed by atoms with E-state index in [1.165, 1.54) is 109 Å². The maximum atomic E-state index is 2.64. The largest absolute Gasteiger partial charge is 0.311 e. The van der Waals surface area contributed by atoms with Gasteiger partial charge in [0.25, 0.3) is 6.71 Å². The summed E-state index contributed by atoms with van der Waals surface area (Å²) in [5.41, 5.74) is 19.8. The van der Waals surface area contributed by atoms with Crippen molar-refractivity contribution in [3.8, 4) is 11.1 Å². The van der Waals surface area contributed by atoms with Gasteiger partial charge in [0.15, 0.2) is 0 Å². The van der Waals surface area contributed by atoms with E-state index < -0.39 is 0 Å². The summed E-state index contributed by atoms with van der Waals surface area (Å²) in [6, 6.07) is 44.6. The molecule has 6 aromatic carbocycles. The molecule has 0 fully saturated rings. The Morgan fingerprint density at radius 2 is 1.12 bits per heavy atom. The molecule has 294 valence electrons. The number of fused-ring (bicyclic) bond motifs is 7. The number of hydrogen-bond acceptors (Lipinski definition) is 4. The van der Waals surface area contributed by atoms with Gasteiger partial charge in [-0.05, 0) is 145 Å². The number of hydrogen-bond donors (Lipinski definition) is 0. The van der Waals surface area contributed by atoms with Crippen LogP contribution in [0.25, 0.3) is 31.3 Å². The normalized spacial score (nSPS) is 13.9. The molecule has 59 heavy (non-hydrogen) atoms. The highest BCUT2D eigenvalue weighted by Gasteiger charge is 2.46. The van der Waals surface area contributed by atoms with E-state index in [1.807, 2.05) is 22.7 Å². The third-order valence-corrected chi connectivity index (χ3v) is 15.0. The number of anilines is 6. The maximum absolute atomic E-state index is 2.64. The van der Waals surface area contributed by atoms with Crippen molar-refractivity contribution in [2.24, 2.45) is 0 Å². The van der Waals surface area contributed by atoms with E-state index in [1.54, 1.807) is 0 Å². The summed E-state index contributed by atoms with van der Waals surface area (Å²) in [7, 11) is 0. The molecule has 5 heteroatoms. The van der Waals surface area contributed by atoms with Gasteiger partial charge in [0.1, 0.15) is 0 Å². The van der Waals surface area contributed by atoms with Crippen molar-refractivity contribution in [1.82, 2.24) is 0 Å². The van der Waals surface area contributed by atoms with Gasteiger partial charge in [-0.15, -0.1) is 22.7 Å². The minimum atomic E-state index is -0.00257. The first kappa shape index (κ1) is 38.1. The van der Waals surface area contributed by atoms with Crippen molar-refractivity contribution in [1.29, 1.82) is 0 Å². The SMILES string of the molecule is Cc1cc(-c2csc3ccccc23)cc(C)c1N1c2cccc3c2B(c2cc(C(C)(C)C)ccc2N3c2ccc(C(C)(C)C)cc2)c2c1sc1ccc(C(C)(C)C)cc21. The molecule has 0 atom stereocenters. The highest BCUT2D eigenvalue weighted by Crippen LogP contribution is 2.50. The molecule has 0 radical (unpaired) electrons. The second-order valence-corrected chi connectivity index (χ2v) is 22.0. The van der Waals surface area contributed by atoms with Gasteiger partial charge in [-0.1, -0.05) is 123 Å². The minimum absolute atomic E-state index is 0.00257. The smallest absolute Gasteiger partial charge is 0.254 e. The van der Waals surface area contributed by atoms with Crippen LogP contribution >= 0.6 is 22.7 Å². The number of thiophene rings is 2. The molecule has 0 N–H and O–H groups in total. The maximum Gasteiger partial charge on any atom is 0.254 e. The standard InChI is InChI=1S/C54H53BN2S2/c1-32-27-34(41-31-58-46-18-13-12-15-39(41)46)28-33(2)50(32)57-45-17-14-16-44-49(45)55(48-40-29-36(53(6,7)8)22-26-47(40)59-51(48)57)42-30-37(54(9,10)11)21-25-43(42)56(44)38-23-19-35(20-24-38)52(3,4)5/h12-31H,1-11H3. The van der Waals surface area contributed by atoms with E-state index >= 15 is 0 Å². The molecule has 8 aromatic rings.